The molecule has 5 nitrogen and oxygen atoms in total. The summed E-state index contributed by atoms with van der Waals surface area (Å²) >= 11 is 2.97. The monoisotopic (exact) mass is 337 g/mol. The summed E-state index contributed by atoms with van der Waals surface area (Å²) < 4.78 is 0. The predicted molar refractivity (Wildman–Crippen MR) is 90.2 cm³/mol. The normalized spacial score (nSPS) is 10.7. The number of carbonyl (C=O) groups is 2. The van der Waals surface area contributed by atoms with E-state index in [0.717, 1.165) is 4.88 Å². The van der Waals surface area contributed by atoms with E-state index in [2.05, 4.69) is 27.1 Å². The van der Waals surface area contributed by atoms with Gasteiger partial charge in [-0.3, -0.25) is 9.59 Å². The van der Waals surface area contributed by atoms with E-state index < -0.39 is 0 Å². The molecule has 2 N–H and O–H groups in total. The van der Waals surface area contributed by atoms with Gasteiger partial charge in [-0.1, -0.05) is 13.8 Å². The van der Waals surface area contributed by atoms with Gasteiger partial charge in [-0.2, -0.15) is 0 Å². The molecule has 0 radical (unpaired) electrons. The van der Waals surface area contributed by atoms with E-state index in [1.807, 2.05) is 20.8 Å². The van der Waals surface area contributed by atoms with Crippen molar-refractivity contribution in [3.63, 3.8) is 0 Å². The van der Waals surface area contributed by atoms with E-state index >= 15 is 0 Å². The number of rotatable bonds is 6. The summed E-state index contributed by atoms with van der Waals surface area (Å²) in [4.78, 5) is 28.9. The van der Waals surface area contributed by atoms with Gasteiger partial charge in [0.15, 0.2) is 5.13 Å². The fourth-order valence-corrected chi connectivity index (χ4v) is 3.22. The fourth-order valence-electron chi connectivity index (χ4n) is 1.69. The third kappa shape index (κ3) is 4.92. The van der Waals surface area contributed by atoms with Crippen LogP contribution in [0.1, 0.15) is 30.0 Å². The molecule has 2 heterocycles. The Balaban J connectivity index is 1.81. The first kappa shape index (κ1) is 16.6. The molecule has 118 valence electrons. The zero-order valence-corrected chi connectivity index (χ0v) is 14.4. The highest BCUT2D eigenvalue weighted by Gasteiger charge is 2.12. The SMILES string of the molecule is Cc1csc(CNC(=O)Cc2csc(NC(=O)C(C)C)n2)c1. The summed E-state index contributed by atoms with van der Waals surface area (Å²) in [6, 6.07) is 2.06. The molecule has 0 aliphatic carbocycles. The van der Waals surface area contributed by atoms with Gasteiger partial charge in [0.05, 0.1) is 18.7 Å². The molecule has 0 unspecified atom stereocenters. The Hall–Kier alpha value is -1.73. The second-order valence-corrected chi connectivity index (χ2v) is 7.19. The number of nitrogens with one attached hydrogen (secondary N) is 2. The van der Waals surface area contributed by atoms with E-state index in [0.29, 0.717) is 17.4 Å². The van der Waals surface area contributed by atoms with Gasteiger partial charge in [0.1, 0.15) is 0 Å². The number of aromatic nitrogens is 1. The molecule has 0 saturated carbocycles. The molecule has 0 aliphatic heterocycles. The minimum Gasteiger partial charge on any atom is -0.351 e. The molecule has 22 heavy (non-hydrogen) atoms. The van der Waals surface area contributed by atoms with Gasteiger partial charge in [-0.15, -0.1) is 22.7 Å². The van der Waals surface area contributed by atoms with Gasteiger partial charge < -0.3 is 10.6 Å². The number of carbonyl (C=O) groups excluding carboxylic acids is 2. The van der Waals surface area contributed by atoms with Crippen molar-refractivity contribution >= 4 is 39.6 Å². The summed E-state index contributed by atoms with van der Waals surface area (Å²) in [7, 11) is 0. The van der Waals surface area contributed by atoms with Crippen LogP contribution in [0.2, 0.25) is 0 Å². The zero-order valence-electron chi connectivity index (χ0n) is 12.8. The number of aryl methyl sites for hydroxylation is 1. The number of hydrogen-bond acceptors (Lipinski definition) is 5. The Kier molecular flexibility index (Phi) is 5.68. The maximum atomic E-state index is 11.9. The first-order valence-corrected chi connectivity index (χ1v) is 8.76. The van der Waals surface area contributed by atoms with Crippen LogP contribution >= 0.6 is 22.7 Å². The Labute approximate surface area is 137 Å². The van der Waals surface area contributed by atoms with E-state index in [9.17, 15) is 9.59 Å². The van der Waals surface area contributed by atoms with Crippen LogP contribution in [0.15, 0.2) is 16.8 Å². The Bertz CT molecular complexity index is 661. The summed E-state index contributed by atoms with van der Waals surface area (Å²) in [6.07, 6.45) is 0.221. The lowest BCUT2D eigenvalue weighted by molar-refractivity contribution is -0.120. The quantitative estimate of drug-likeness (QED) is 0.851. The average molecular weight is 337 g/mol. The van der Waals surface area contributed by atoms with Crippen LogP contribution in [0.4, 0.5) is 5.13 Å². The van der Waals surface area contributed by atoms with Crippen molar-refractivity contribution in [2.24, 2.45) is 5.92 Å². The lowest BCUT2D eigenvalue weighted by Crippen LogP contribution is -2.24. The first-order chi connectivity index (χ1) is 10.4. The van der Waals surface area contributed by atoms with Crippen LogP contribution < -0.4 is 10.6 Å². The molecule has 0 aromatic carbocycles. The number of thiazole rings is 1. The second kappa shape index (κ2) is 7.51. The van der Waals surface area contributed by atoms with E-state index in [-0.39, 0.29) is 24.2 Å². The van der Waals surface area contributed by atoms with Gasteiger partial charge in [0, 0.05) is 16.2 Å². The smallest absolute Gasteiger partial charge is 0.228 e. The summed E-state index contributed by atoms with van der Waals surface area (Å²) in [5.74, 6) is -0.235. The molecular weight excluding hydrogens is 318 g/mol. The topological polar surface area (TPSA) is 71.1 Å². The number of hydrogen-bond donors (Lipinski definition) is 2. The maximum absolute atomic E-state index is 11.9. The van der Waals surface area contributed by atoms with Crippen molar-refractivity contribution in [3.05, 3.63) is 33.0 Å². The van der Waals surface area contributed by atoms with Crippen LogP contribution in [0.25, 0.3) is 0 Å². The Morgan fingerprint density at radius 3 is 2.68 bits per heavy atom. The maximum Gasteiger partial charge on any atom is 0.228 e. The third-order valence-electron chi connectivity index (χ3n) is 2.89. The number of anilines is 1. The summed E-state index contributed by atoms with van der Waals surface area (Å²) in [6.45, 7) is 6.22. The van der Waals surface area contributed by atoms with E-state index in [1.165, 1.54) is 16.9 Å². The third-order valence-corrected chi connectivity index (χ3v) is 4.75. The Morgan fingerprint density at radius 2 is 2.05 bits per heavy atom. The van der Waals surface area contributed by atoms with Crippen molar-refractivity contribution in [1.29, 1.82) is 0 Å². The zero-order chi connectivity index (χ0) is 16.1. The van der Waals surface area contributed by atoms with Crippen molar-refractivity contribution in [2.45, 2.75) is 33.7 Å². The molecule has 0 bridgehead atoms. The molecule has 0 fully saturated rings. The molecule has 2 rings (SSSR count). The van der Waals surface area contributed by atoms with Gasteiger partial charge >= 0.3 is 0 Å². The highest BCUT2D eigenvalue weighted by Crippen LogP contribution is 2.17. The molecule has 7 heteroatoms. The van der Waals surface area contributed by atoms with Gasteiger partial charge in [0.25, 0.3) is 0 Å². The van der Waals surface area contributed by atoms with Crippen molar-refractivity contribution in [3.8, 4) is 0 Å². The minimum absolute atomic E-state index is 0.0709. The predicted octanol–water partition coefficient (Wildman–Crippen LogP) is 2.97. The molecule has 2 amide bonds. The van der Waals surface area contributed by atoms with Gasteiger partial charge in [0.2, 0.25) is 11.8 Å². The number of nitrogens with zero attached hydrogens (tertiary/aromatic N) is 1. The minimum atomic E-state index is -0.0927. The van der Waals surface area contributed by atoms with E-state index in [1.54, 1.807) is 16.7 Å². The largest absolute Gasteiger partial charge is 0.351 e. The van der Waals surface area contributed by atoms with Gasteiger partial charge in [-0.25, -0.2) is 4.98 Å². The highest BCUT2D eigenvalue weighted by atomic mass is 32.1. The average Bonchev–Trinajstić information content (AvgIpc) is 3.05. The van der Waals surface area contributed by atoms with Crippen LogP contribution in [0.3, 0.4) is 0 Å². The molecule has 2 aromatic rings. The van der Waals surface area contributed by atoms with Crippen molar-refractivity contribution < 1.29 is 9.59 Å². The van der Waals surface area contributed by atoms with Crippen molar-refractivity contribution in [1.82, 2.24) is 10.3 Å². The molecular formula is C15H19N3O2S2. The second-order valence-electron chi connectivity index (χ2n) is 5.33. The summed E-state index contributed by atoms with van der Waals surface area (Å²) in [5.41, 5.74) is 1.88. The standard InChI is InChI=1S/C15H19N3O2S2/c1-9(2)14(20)18-15-17-11(8-22-15)5-13(19)16-6-12-4-10(3)7-21-12/h4,7-9H,5-6H2,1-3H3,(H,16,19)(H,17,18,20). The molecule has 0 spiro atoms. The number of thiophene rings is 1. The Morgan fingerprint density at radius 1 is 1.27 bits per heavy atom. The van der Waals surface area contributed by atoms with Gasteiger partial charge in [-0.05, 0) is 23.9 Å². The lowest BCUT2D eigenvalue weighted by Gasteiger charge is -2.03. The molecule has 0 saturated heterocycles. The van der Waals surface area contributed by atoms with Crippen LogP contribution in [0.5, 0.6) is 0 Å². The molecule has 2 aromatic heterocycles. The fraction of sp³-hybridized carbons (Fsp3) is 0.400. The van der Waals surface area contributed by atoms with Crippen LogP contribution in [-0.2, 0) is 22.6 Å². The van der Waals surface area contributed by atoms with Crippen LogP contribution in [-0.4, -0.2) is 16.8 Å². The molecule has 0 atom stereocenters. The number of amides is 2. The lowest BCUT2D eigenvalue weighted by atomic mass is 10.2. The molecule has 0 aliphatic rings. The van der Waals surface area contributed by atoms with Crippen LogP contribution in [0, 0.1) is 12.8 Å². The summed E-state index contributed by atoms with van der Waals surface area (Å²) in [5, 5.41) is 10.0. The highest BCUT2D eigenvalue weighted by molar-refractivity contribution is 7.14. The van der Waals surface area contributed by atoms with E-state index in [4.69, 9.17) is 0 Å². The van der Waals surface area contributed by atoms with Crippen molar-refractivity contribution in [2.75, 3.05) is 5.32 Å². The first-order valence-electron chi connectivity index (χ1n) is 7.00.